The van der Waals surface area contributed by atoms with Crippen LogP contribution in [0.3, 0.4) is 0 Å². The summed E-state index contributed by atoms with van der Waals surface area (Å²) in [6.07, 6.45) is 0. The van der Waals surface area contributed by atoms with Crippen molar-refractivity contribution in [1.82, 2.24) is 15.0 Å². The van der Waals surface area contributed by atoms with Crippen LogP contribution < -0.4 is 10.5 Å². The molecule has 2 N–H and O–H groups in total. The van der Waals surface area contributed by atoms with Crippen LogP contribution in [0.2, 0.25) is 5.28 Å². The number of hydrogen-bond acceptors (Lipinski definition) is 5. The lowest BCUT2D eigenvalue weighted by atomic mass is 10.3. The maximum Gasteiger partial charge on any atom is 0.328 e. The van der Waals surface area contributed by atoms with E-state index in [1.54, 1.807) is 0 Å². The molecule has 0 amide bonds. The molecule has 0 bridgehead atoms. The summed E-state index contributed by atoms with van der Waals surface area (Å²) in [5.74, 6) is -0.108. The zero-order valence-electron chi connectivity index (χ0n) is 8.19. The Bertz CT molecular complexity index is 548. The van der Waals surface area contributed by atoms with E-state index in [2.05, 4.69) is 30.9 Å². The second-order valence-corrected chi connectivity index (χ2v) is 4.11. The topological polar surface area (TPSA) is 73.9 Å². The van der Waals surface area contributed by atoms with Gasteiger partial charge >= 0.3 is 6.01 Å². The highest BCUT2D eigenvalue weighted by molar-refractivity contribution is 9.10. The maximum absolute atomic E-state index is 12.8. The molecule has 2 rings (SSSR count). The summed E-state index contributed by atoms with van der Waals surface area (Å²) in [6, 6.07) is 3.86. The van der Waals surface area contributed by atoms with E-state index >= 15 is 0 Å². The van der Waals surface area contributed by atoms with E-state index in [0.29, 0.717) is 10.2 Å². The molecular formula is C9H5BrClFN4O. The Labute approximate surface area is 109 Å². The lowest BCUT2D eigenvalue weighted by Gasteiger charge is -2.06. The van der Waals surface area contributed by atoms with Gasteiger partial charge in [0.05, 0.1) is 4.47 Å². The predicted octanol–water partition coefficient (Wildman–Crippen LogP) is 2.80. The maximum atomic E-state index is 12.8. The molecule has 5 nitrogen and oxygen atoms in total. The summed E-state index contributed by atoms with van der Waals surface area (Å²) in [6.45, 7) is 0. The van der Waals surface area contributed by atoms with Gasteiger partial charge in [-0.1, -0.05) is 0 Å². The van der Waals surface area contributed by atoms with Gasteiger partial charge in [-0.05, 0) is 45.7 Å². The number of benzene rings is 1. The van der Waals surface area contributed by atoms with Crippen LogP contribution in [0.4, 0.5) is 10.3 Å². The quantitative estimate of drug-likeness (QED) is 0.921. The first-order valence-corrected chi connectivity index (χ1v) is 5.51. The summed E-state index contributed by atoms with van der Waals surface area (Å²) in [5.41, 5.74) is 5.38. The van der Waals surface area contributed by atoms with Crippen molar-refractivity contribution in [3.05, 3.63) is 33.8 Å². The molecule has 17 heavy (non-hydrogen) atoms. The van der Waals surface area contributed by atoms with Crippen LogP contribution in [-0.2, 0) is 0 Å². The molecule has 0 atom stereocenters. The molecular weight excluding hydrogens is 314 g/mol. The Morgan fingerprint density at radius 3 is 2.71 bits per heavy atom. The Hall–Kier alpha value is -1.47. The highest BCUT2D eigenvalue weighted by atomic mass is 79.9. The van der Waals surface area contributed by atoms with Crippen molar-refractivity contribution in [3.8, 4) is 11.8 Å². The van der Waals surface area contributed by atoms with Gasteiger partial charge in [-0.15, -0.1) is 0 Å². The van der Waals surface area contributed by atoms with Crippen molar-refractivity contribution in [1.29, 1.82) is 0 Å². The van der Waals surface area contributed by atoms with Crippen LogP contribution in [0.5, 0.6) is 11.8 Å². The fraction of sp³-hybridized carbons (Fsp3) is 0. The minimum atomic E-state index is -0.391. The largest absolute Gasteiger partial charge is 0.423 e. The number of nitrogen functional groups attached to an aromatic ring is 1. The number of ether oxygens (including phenoxy) is 1. The van der Waals surface area contributed by atoms with E-state index < -0.39 is 5.82 Å². The number of aromatic nitrogens is 3. The van der Waals surface area contributed by atoms with Gasteiger partial charge in [-0.25, -0.2) is 4.39 Å². The van der Waals surface area contributed by atoms with Crippen LogP contribution >= 0.6 is 27.5 Å². The molecule has 0 unspecified atom stereocenters. The molecule has 88 valence electrons. The highest BCUT2D eigenvalue weighted by Gasteiger charge is 2.08. The Morgan fingerprint density at radius 2 is 2.06 bits per heavy atom. The third kappa shape index (κ3) is 3.01. The molecule has 0 radical (unpaired) electrons. The van der Waals surface area contributed by atoms with Crippen molar-refractivity contribution < 1.29 is 9.13 Å². The molecule has 1 aromatic carbocycles. The van der Waals surface area contributed by atoms with Gasteiger partial charge in [-0.2, -0.15) is 15.0 Å². The molecule has 0 aliphatic heterocycles. The molecule has 0 saturated heterocycles. The minimum Gasteiger partial charge on any atom is -0.423 e. The van der Waals surface area contributed by atoms with E-state index in [0.717, 1.165) is 0 Å². The third-order valence-electron chi connectivity index (χ3n) is 1.70. The van der Waals surface area contributed by atoms with E-state index in [4.69, 9.17) is 22.1 Å². The zero-order valence-corrected chi connectivity index (χ0v) is 10.5. The molecule has 8 heteroatoms. The normalized spacial score (nSPS) is 10.3. The lowest BCUT2D eigenvalue weighted by molar-refractivity contribution is 0.436. The molecule has 1 heterocycles. The Balaban J connectivity index is 2.31. The summed E-state index contributed by atoms with van der Waals surface area (Å²) in [4.78, 5) is 11.0. The van der Waals surface area contributed by atoms with Gasteiger partial charge in [-0.3, -0.25) is 0 Å². The number of nitrogens with two attached hydrogens (primary N) is 1. The molecule has 0 aliphatic rings. The molecule has 0 saturated carbocycles. The second-order valence-electron chi connectivity index (χ2n) is 2.92. The Morgan fingerprint density at radius 1 is 1.29 bits per heavy atom. The van der Waals surface area contributed by atoms with Crippen LogP contribution in [0.25, 0.3) is 0 Å². The zero-order chi connectivity index (χ0) is 12.4. The number of rotatable bonds is 2. The number of nitrogens with zero attached hydrogens (tertiary/aromatic N) is 3. The first-order valence-electron chi connectivity index (χ1n) is 4.34. The van der Waals surface area contributed by atoms with Crippen LogP contribution in [0.15, 0.2) is 22.7 Å². The van der Waals surface area contributed by atoms with Crippen molar-refractivity contribution >= 4 is 33.5 Å². The SMILES string of the molecule is Nc1nc(Cl)nc(Oc2ccc(F)cc2Br)n1. The molecule has 1 aromatic heterocycles. The smallest absolute Gasteiger partial charge is 0.328 e. The summed E-state index contributed by atoms with van der Waals surface area (Å²) >= 11 is 8.73. The first-order chi connectivity index (χ1) is 8.04. The molecule has 2 aromatic rings. The van der Waals surface area contributed by atoms with E-state index in [1.165, 1.54) is 18.2 Å². The van der Waals surface area contributed by atoms with Gasteiger partial charge in [0, 0.05) is 0 Å². The average molecular weight is 320 g/mol. The van der Waals surface area contributed by atoms with Gasteiger partial charge in [0.1, 0.15) is 11.6 Å². The van der Waals surface area contributed by atoms with Crippen LogP contribution in [0.1, 0.15) is 0 Å². The van der Waals surface area contributed by atoms with Gasteiger partial charge in [0.25, 0.3) is 0 Å². The van der Waals surface area contributed by atoms with E-state index in [1.807, 2.05) is 0 Å². The van der Waals surface area contributed by atoms with Gasteiger partial charge in [0.15, 0.2) is 0 Å². The van der Waals surface area contributed by atoms with E-state index in [9.17, 15) is 4.39 Å². The van der Waals surface area contributed by atoms with Gasteiger partial charge in [0.2, 0.25) is 11.2 Å². The van der Waals surface area contributed by atoms with Crippen molar-refractivity contribution in [2.75, 3.05) is 5.73 Å². The standard InChI is InChI=1S/C9H5BrClFN4O/c10-5-3-4(12)1-2-6(5)17-9-15-7(11)14-8(13)16-9/h1-3H,(H2,13,14,15,16). The highest BCUT2D eigenvalue weighted by Crippen LogP contribution is 2.28. The van der Waals surface area contributed by atoms with Crippen molar-refractivity contribution in [2.45, 2.75) is 0 Å². The van der Waals surface area contributed by atoms with Crippen LogP contribution in [0, 0.1) is 5.82 Å². The summed E-state index contributed by atoms with van der Waals surface area (Å²) in [7, 11) is 0. The fourth-order valence-corrected chi connectivity index (χ4v) is 1.64. The number of anilines is 1. The summed E-state index contributed by atoms with van der Waals surface area (Å²) in [5, 5.41) is -0.0780. The first kappa shape index (κ1) is 12.0. The van der Waals surface area contributed by atoms with Gasteiger partial charge < -0.3 is 10.5 Å². The monoisotopic (exact) mass is 318 g/mol. The second kappa shape index (κ2) is 4.80. The van der Waals surface area contributed by atoms with Crippen molar-refractivity contribution in [3.63, 3.8) is 0 Å². The lowest BCUT2D eigenvalue weighted by Crippen LogP contribution is -2.00. The van der Waals surface area contributed by atoms with Crippen molar-refractivity contribution in [2.24, 2.45) is 0 Å². The summed E-state index contributed by atoms with van der Waals surface area (Å²) < 4.78 is 18.6. The third-order valence-corrected chi connectivity index (χ3v) is 2.49. The van der Waals surface area contributed by atoms with Crippen LogP contribution in [-0.4, -0.2) is 15.0 Å². The Kier molecular flexibility index (Phi) is 3.39. The number of halogens is 3. The molecule has 0 aliphatic carbocycles. The predicted molar refractivity (Wildman–Crippen MR) is 63.4 cm³/mol. The number of hydrogen-bond donors (Lipinski definition) is 1. The molecule has 0 fully saturated rings. The molecule has 0 spiro atoms. The minimum absolute atomic E-state index is 0.0572. The average Bonchev–Trinajstić information content (AvgIpc) is 2.21. The van der Waals surface area contributed by atoms with E-state index in [-0.39, 0.29) is 17.2 Å². The fourth-order valence-electron chi connectivity index (χ4n) is 1.05.